The van der Waals surface area contributed by atoms with E-state index in [1.807, 2.05) is 0 Å². The second-order valence-electron chi connectivity index (χ2n) is 4.39. The number of rotatable bonds is 4. The average molecular weight is 285 g/mol. The van der Waals surface area contributed by atoms with Crippen LogP contribution in [0, 0.1) is 5.82 Å². The quantitative estimate of drug-likeness (QED) is 0.855. The van der Waals surface area contributed by atoms with Crippen molar-refractivity contribution >= 4 is 29.1 Å². The summed E-state index contributed by atoms with van der Waals surface area (Å²) in [6.07, 6.45) is 0.455. The van der Waals surface area contributed by atoms with E-state index in [1.54, 1.807) is 12.1 Å². The standard InChI is InChI=1S/C13H14ClFN2O2/c14-5-4-12(18)16-10-7-13(19)17(8-10)11-3-1-2-9(15)6-11/h1-3,6,10H,4-5,7-8H2,(H,16,18). The molecule has 0 spiro atoms. The Morgan fingerprint density at radius 2 is 2.32 bits per heavy atom. The largest absolute Gasteiger partial charge is 0.351 e. The van der Waals surface area contributed by atoms with E-state index in [0.29, 0.717) is 12.2 Å². The van der Waals surface area contributed by atoms with Crippen LogP contribution in [0.25, 0.3) is 0 Å². The zero-order chi connectivity index (χ0) is 13.8. The van der Waals surface area contributed by atoms with Crippen molar-refractivity contribution in [3.05, 3.63) is 30.1 Å². The normalized spacial score (nSPS) is 18.7. The van der Waals surface area contributed by atoms with Crippen molar-refractivity contribution in [3.8, 4) is 0 Å². The van der Waals surface area contributed by atoms with E-state index < -0.39 is 0 Å². The minimum atomic E-state index is -0.389. The molecule has 1 heterocycles. The van der Waals surface area contributed by atoms with Gasteiger partial charge in [0.2, 0.25) is 11.8 Å². The van der Waals surface area contributed by atoms with Gasteiger partial charge in [0.1, 0.15) is 5.82 Å². The first-order chi connectivity index (χ1) is 9.10. The number of carbonyl (C=O) groups is 2. The summed E-state index contributed by atoms with van der Waals surface area (Å²) in [5.74, 6) is -0.435. The van der Waals surface area contributed by atoms with Gasteiger partial charge >= 0.3 is 0 Å². The summed E-state index contributed by atoms with van der Waals surface area (Å²) >= 11 is 5.47. The molecule has 1 aliphatic heterocycles. The number of carbonyl (C=O) groups excluding carboxylic acids is 2. The Balaban J connectivity index is 2.01. The molecule has 19 heavy (non-hydrogen) atoms. The van der Waals surface area contributed by atoms with Crippen LogP contribution in [0.15, 0.2) is 24.3 Å². The van der Waals surface area contributed by atoms with Gasteiger partial charge in [-0.15, -0.1) is 11.6 Å². The maximum Gasteiger partial charge on any atom is 0.229 e. The molecule has 0 saturated carbocycles. The Hall–Kier alpha value is -1.62. The molecule has 102 valence electrons. The molecule has 1 aromatic carbocycles. The van der Waals surface area contributed by atoms with Crippen molar-refractivity contribution in [1.29, 1.82) is 0 Å². The van der Waals surface area contributed by atoms with Crippen molar-refractivity contribution < 1.29 is 14.0 Å². The Morgan fingerprint density at radius 1 is 1.53 bits per heavy atom. The van der Waals surface area contributed by atoms with E-state index in [9.17, 15) is 14.0 Å². The molecule has 4 nitrogen and oxygen atoms in total. The van der Waals surface area contributed by atoms with Gasteiger partial charge in [-0.3, -0.25) is 9.59 Å². The van der Waals surface area contributed by atoms with Gasteiger partial charge in [-0.1, -0.05) is 6.07 Å². The first-order valence-electron chi connectivity index (χ1n) is 6.01. The molecule has 1 fully saturated rings. The van der Waals surface area contributed by atoms with Gasteiger partial charge in [0.05, 0.1) is 6.04 Å². The lowest BCUT2D eigenvalue weighted by Crippen LogP contribution is -2.37. The first kappa shape index (κ1) is 13.8. The van der Waals surface area contributed by atoms with Gasteiger partial charge < -0.3 is 10.2 Å². The van der Waals surface area contributed by atoms with E-state index in [4.69, 9.17) is 11.6 Å². The van der Waals surface area contributed by atoms with Crippen molar-refractivity contribution in [1.82, 2.24) is 5.32 Å². The highest BCUT2D eigenvalue weighted by Gasteiger charge is 2.31. The minimum absolute atomic E-state index is 0.123. The zero-order valence-electron chi connectivity index (χ0n) is 10.2. The molecule has 1 aromatic rings. The summed E-state index contributed by atoms with van der Waals surface area (Å²) < 4.78 is 13.1. The number of nitrogens with one attached hydrogen (secondary N) is 1. The Kier molecular flexibility index (Phi) is 4.37. The fourth-order valence-corrected chi connectivity index (χ4v) is 2.26. The Labute approximate surface area is 115 Å². The highest BCUT2D eigenvalue weighted by Crippen LogP contribution is 2.22. The molecule has 6 heteroatoms. The van der Waals surface area contributed by atoms with Gasteiger partial charge in [0.25, 0.3) is 0 Å². The van der Waals surface area contributed by atoms with Crippen molar-refractivity contribution in [2.75, 3.05) is 17.3 Å². The van der Waals surface area contributed by atoms with Crippen LogP contribution in [-0.4, -0.2) is 30.3 Å². The van der Waals surface area contributed by atoms with E-state index >= 15 is 0 Å². The molecule has 1 saturated heterocycles. The number of benzene rings is 1. The monoisotopic (exact) mass is 284 g/mol. The number of hydrogen-bond donors (Lipinski definition) is 1. The molecule has 0 radical (unpaired) electrons. The third kappa shape index (κ3) is 3.44. The number of hydrogen-bond acceptors (Lipinski definition) is 2. The summed E-state index contributed by atoms with van der Waals surface area (Å²) in [7, 11) is 0. The van der Waals surface area contributed by atoms with E-state index in [2.05, 4.69) is 5.32 Å². The van der Waals surface area contributed by atoms with Crippen LogP contribution in [0.3, 0.4) is 0 Å². The summed E-state index contributed by atoms with van der Waals surface area (Å²) in [4.78, 5) is 24.8. The molecular formula is C13H14ClFN2O2. The topological polar surface area (TPSA) is 49.4 Å². The van der Waals surface area contributed by atoms with Crippen LogP contribution >= 0.6 is 11.6 Å². The van der Waals surface area contributed by atoms with Crippen molar-refractivity contribution in [2.45, 2.75) is 18.9 Å². The highest BCUT2D eigenvalue weighted by atomic mass is 35.5. The lowest BCUT2D eigenvalue weighted by Gasteiger charge is -2.17. The Bertz CT molecular complexity index is 495. The number of nitrogens with zero attached hydrogens (tertiary/aromatic N) is 1. The summed E-state index contributed by atoms with van der Waals surface area (Å²) in [6.45, 7) is 0.357. The molecule has 2 rings (SSSR count). The molecule has 0 bridgehead atoms. The lowest BCUT2D eigenvalue weighted by molar-refractivity contribution is -0.121. The van der Waals surface area contributed by atoms with E-state index in [1.165, 1.54) is 17.0 Å². The van der Waals surface area contributed by atoms with Crippen LogP contribution in [-0.2, 0) is 9.59 Å². The van der Waals surface area contributed by atoms with Crippen molar-refractivity contribution in [3.63, 3.8) is 0 Å². The maximum absolute atomic E-state index is 13.1. The van der Waals surface area contributed by atoms with Gasteiger partial charge in [-0.25, -0.2) is 4.39 Å². The second-order valence-corrected chi connectivity index (χ2v) is 4.77. The fraction of sp³-hybridized carbons (Fsp3) is 0.385. The third-order valence-corrected chi connectivity index (χ3v) is 3.12. The van der Waals surface area contributed by atoms with Crippen LogP contribution in [0.2, 0.25) is 0 Å². The number of anilines is 1. The zero-order valence-corrected chi connectivity index (χ0v) is 11.0. The van der Waals surface area contributed by atoms with Crippen LogP contribution in [0.1, 0.15) is 12.8 Å². The predicted octanol–water partition coefficient (Wildman–Crippen LogP) is 1.68. The molecule has 1 aliphatic rings. The summed E-state index contributed by atoms with van der Waals surface area (Å²) in [5.41, 5.74) is 0.513. The van der Waals surface area contributed by atoms with Crippen molar-refractivity contribution in [2.24, 2.45) is 0 Å². The smallest absolute Gasteiger partial charge is 0.229 e. The molecule has 0 aliphatic carbocycles. The first-order valence-corrected chi connectivity index (χ1v) is 6.55. The van der Waals surface area contributed by atoms with Gasteiger partial charge in [-0.05, 0) is 18.2 Å². The Morgan fingerprint density at radius 3 is 3.00 bits per heavy atom. The average Bonchev–Trinajstić information content (AvgIpc) is 2.70. The number of halogens is 2. The number of alkyl halides is 1. The lowest BCUT2D eigenvalue weighted by atomic mass is 10.2. The molecule has 1 atom stereocenters. The minimum Gasteiger partial charge on any atom is -0.351 e. The predicted molar refractivity (Wildman–Crippen MR) is 70.6 cm³/mol. The SMILES string of the molecule is O=C(CCCl)NC1CC(=O)N(c2cccc(F)c2)C1. The van der Waals surface area contributed by atoms with Crippen LogP contribution < -0.4 is 10.2 Å². The van der Waals surface area contributed by atoms with Gasteiger partial charge in [0, 0.05) is 31.0 Å². The third-order valence-electron chi connectivity index (χ3n) is 2.93. The summed E-state index contributed by atoms with van der Waals surface area (Å²) in [5, 5.41) is 2.74. The number of amides is 2. The summed E-state index contributed by atoms with van der Waals surface area (Å²) in [6, 6.07) is 5.61. The molecule has 1 unspecified atom stereocenters. The van der Waals surface area contributed by atoms with Crippen LogP contribution in [0.5, 0.6) is 0 Å². The molecule has 0 aromatic heterocycles. The molecule has 1 N–H and O–H groups in total. The van der Waals surface area contributed by atoms with Gasteiger partial charge in [-0.2, -0.15) is 0 Å². The second kappa shape index (κ2) is 6.02. The molecule has 2 amide bonds. The highest BCUT2D eigenvalue weighted by molar-refractivity contribution is 6.18. The van der Waals surface area contributed by atoms with Gasteiger partial charge in [0.15, 0.2) is 0 Å². The van der Waals surface area contributed by atoms with E-state index in [-0.39, 0.29) is 42.4 Å². The maximum atomic E-state index is 13.1. The van der Waals surface area contributed by atoms with Crippen LogP contribution in [0.4, 0.5) is 10.1 Å². The fourth-order valence-electron chi connectivity index (χ4n) is 2.08. The van der Waals surface area contributed by atoms with E-state index in [0.717, 1.165) is 0 Å². The molecular weight excluding hydrogens is 271 g/mol.